The summed E-state index contributed by atoms with van der Waals surface area (Å²) in [5.41, 5.74) is 0.965. The average molecular weight is 244 g/mol. The van der Waals surface area contributed by atoms with Gasteiger partial charge in [-0.15, -0.1) is 0 Å². The van der Waals surface area contributed by atoms with Gasteiger partial charge in [0.15, 0.2) is 0 Å². The van der Waals surface area contributed by atoms with Crippen molar-refractivity contribution in [2.75, 3.05) is 26.3 Å². The topological polar surface area (TPSA) is 6.48 Å². The van der Waals surface area contributed by atoms with Crippen LogP contribution in [0.15, 0.2) is 0 Å². The fourth-order valence-corrected chi connectivity index (χ4v) is 3.82. The minimum atomic E-state index is -0.0404. The van der Waals surface area contributed by atoms with Gasteiger partial charge in [0.1, 0.15) is 0 Å². The Morgan fingerprint density at radius 1 is 1.06 bits per heavy atom. The Kier molecular flexibility index (Phi) is 10.4. The quantitative estimate of drug-likeness (QED) is 0.431. The molecule has 98 valence electrons. The highest BCUT2D eigenvalue weighted by atomic mass is 28.2. The van der Waals surface area contributed by atoms with E-state index in [1.807, 2.05) is 0 Å². The van der Waals surface area contributed by atoms with Crippen molar-refractivity contribution in [3.63, 3.8) is 0 Å². The summed E-state index contributed by atoms with van der Waals surface area (Å²) in [7, 11) is -0.0404. The molecule has 0 saturated heterocycles. The highest BCUT2D eigenvalue weighted by Crippen LogP contribution is 2.09. The molecule has 0 rings (SSSR count). The van der Waals surface area contributed by atoms with Gasteiger partial charge < -0.3 is 4.57 Å². The number of rotatable bonds is 10. The van der Waals surface area contributed by atoms with Gasteiger partial charge in [-0.2, -0.15) is 0 Å². The molecule has 2 nitrogen and oxygen atoms in total. The first kappa shape index (κ1) is 16.1. The minimum absolute atomic E-state index is 0.0404. The predicted octanol–water partition coefficient (Wildman–Crippen LogP) is 2.69. The molecule has 0 bridgehead atoms. The molecular formula is C13H32N2Si. The maximum Gasteiger partial charge on any atom is 0.0993 e. The molecule has 1 unspecified atom stereocenters. The van der Waals surface area contributed by atoms with Crippen LogP contribution in [0.25, 0.3) is 0 Å². The minimum Gasteiger partial charge on any atom is -0.317 e. The number of hydrogen-bond donors (Lipinski definition) is 0. The Morgan fingerprint density at radius 2 is 1.69 bits per heavy atom. The van der Waals surface area contributed by atoms with Crippen molar-refractivity contribution in [3.05, 3.63) is 0 Å². The molecular weight excluding hydrogens is 212 g/mol. The molecule has 0 aromatic carbocycles. The van der Waals surface area contributed by atoms with Gasteiger partial charge in [0, 0.05) is 6.67 Å². The summed E-state index contributed by atoms with van der Waals surface area (Å²) in [4.78, 5) is 2.55. The van der Waals surface area contributed by atoms with Gasteiger partial charge in [-0.25, -0.2) is 0 Å². The number of nitrogens with zero attached hydrogens (tertiary/aromatic N) is 2. The van der Waals surface area contributed by atoms with Crippen molar-refractivity contribution in [1.29, 1.82) is 0 Å². The van der Waals surface area contributed by atoms with E-state index in [9.17, 15) is 0 Å². The first-order valence-corrected chi connectivity index (χ1v) is 8.57. The lowest BCUT2D eigenvalue weighted by Gasteiger charge is -2.30. The van der Waals surface area contributed by atoms with Crippen LogP contribution in [0.5, 0.6) is 0 Å². The average Bonchev–Trinajstić information content (AvgIpc) is 2.32. The SMILES string of the molecule is CCCCN(CN(CC)CC)[SiH2]C(C)CC. The fourth-order valence-electron chi connectivity index (χ4n) is 1.88. The van der Waals surface area contributed by atoms with Crippen LogP contribution in [0.3, 0.4) is 0 Å². The normalized spacial score (nSPS) is 14.4. The van der Waals surface area contributed by atoms with Crippen LogP contribution in [0.4, 0.5) is 0 Å². The van der Waals surface area contributed by atoms with Crippen molar-refractivity contribution in [1.82, 2.24) is 9.47 Å². The van der Waals surface area contributed by atoms with Crippen molar-refractivity contribution in [2.24, 2.45) is 0 Å². The molecule has 0 aliphatic rings. The molecule has 0 saturated carbocycles. The van der Waals surface area contributed by atoms with E-state index in [1.54, 1.807) is 0 Å². The van der Waals surface area contributed by atoms with E-state index in [1.165, 1.54) is 45.6 Å². The van der Waals surface area contributed by atoms with Gasteiger partial charge >= 0.3 is 0 Å². The summed E-state index contributed by atoms with van der Waals surface area (Å²) in [6.45, 7) is 16.5. The molecule has 0 spiro atoms. The monoisotopic (exact) mass is 244 g/mol. The van der Waals surface area contributed by atoms with Crippen LogP contribution in [0, 0.1) is 0 Å². The zero-order chi connectivity index (χ0) is 12.4. The van der Waals surface area contributed by atoms with Crippen LogP contribution < -0.4 is 0 Å². The second kappa shape index (κ2) is 10.3. The van der Waals surface area contributed by atoms with E-state index in [4.69, 9.17) is 0 Å². The van der Waals surface area contributed by atoms with E-state index in [0.29, 0.717) is 0 Å². The smallest absolute Gasteiger partial charge is 0.0993 e. The third kappa shape index (κ3) is 7.42. The number of unbranched alkanes of at least 4 members (excludes halogenated alkanes) is 1. The largest absolute Gasteiger partial charge is 0.317 e. The van der Waals surface area contributed by atoms with Gasteiger partial charge in [0.05, 0.1) is 9.68 Å². The summed E-state index contributed by atoms with van der Waals surface area (Å²) in [5, 5.41) is 0. The Balaban J connectivity index is 4.07. The lowest BCUT2D eigenvalue weighted by atomic mass is 10.3. The maximum atomic E-state index is 2.77. The zero-order valence-electron chi connectivity index (χ0n) is 12.1. The second-order valence-corrected chi connectivity index (χ2v) is 7.54. The number of hydrogen-bond acceptors (Lipinski definition) is 2. The van der Waals surface area contributed by atoms with Gasteiger partial charge in [-0.05, 0) is 31.6 Å². The van der Waals surface area contributed by atoms with E-state index >= 15 is 0 Å². The second-order valence-electron chi connectivity index (χ2n) is 4.89. The summed E-state index contributed by atoms with van der Waals surface area (Å²) < 4.78 is 2.77. The van der Waals surface area contributed by atoms with E-state index in [2.05, 4.69) is 44.1 Å². The van der Waals surface area contributed by atoms with E-state index in [0.717, 1.165) is 5.54 Å². The highest BCUT2D eigenvalue weighted by Gasteiger charge is 2.11. The van der Waals surface area contributed by atoms with Crippen molar-refractivity contribution in [2.45, 2.75) is 59.4 Å². The third-order valence-electron chi connectivity index (χ3n) is 3.39. The molecule has 0 aromatic rings. The predicted molar refractivity (Wildman–Crippen MR) is 77.7 cm³/mol. The fraction of sp³-hybridized carbons (Fsp3) is 1.00. The van der Waals surface area contributed by atoms with Crippen LogP contribution >= 0.6 is 0 Å². The molecule has 16 heavy (non-hydrogen) atoms. The van der Waals surface area contributed by atoms with Gasteiger partial charge in [0.2, 0.25) is 0 Å². The zero-order valence-corrected chi connectivity index (χ0v) is 13.5. The molecule has 0 amide bonds. The molecule has 3 heteroatoms. The Bertz CT molecular complexity index is 149. The summed E-state index contributed by atoms with van der Waals surface area (Å²) >= 11 is 0. The van der Waals surface area contributed by atoms with Gasteiger partial charge in [0.25, 0.3) is 0 Å². The lowest BCUT2D eigenvalue weighted by molar-refractivity contribution is 0.208. The highest BCUT2D eigenvalue weighted by molar-refractivity contribution is 6.33. The molecule has 0 aliphatic carbocycles. The molecule has 0 aliphatic heterocycles. The Labute approximate surface area is 105 Å². The first-order chi connectivity index (χ1) is 7.67. The Hall–Kier alpha value is 0.137. The van der Waals surface area contributed by atoms with Crippen molar-refractivity contribution < 1.29 is 0 Å². The molecule has 0 aromatic heterocycles. The van der Waals surface area contributed by atoms with E-state index in [-0.39, 0.29) is 9.68 Å². The summed E-state index contributed by atoms with van der Waals surface area (Å²) in [6, 6.07) is 0. The van der Waals surface area contributed by atoms with Gasteiger partial charge in [-0.3, -0.25) is 4.90 Å². The van der Waals surface area contributed by atoms with Crippen LogP contribution in [-0.2, 0) is 0 Å². The van der Waals surface area contributed by atoms with Crippen molar-refractivity contribution >= 4 is 9.68 Å². The maximum absolute atomic E-state index is 2.77. The first-order valence-electron chi connectivity index (χ1n) is 7.12. The summed E-state index contributed by atoms with van der Waals surface area (Å²) in [6.07, 6.45) is 4.04. The third-order valence-corrected chi connectivity index (χ3v) is 5.62. The van der Waals surface area contributed by atoms with Crippen LogP contribution in [0.1, 0.15) is 53.9 Å². The molecule has 0 N–H and O–H groups in total. The standard InChI is InChI=1S/C13H32N2Si/c1-6-10-11-15(16-13(5)7-2)12-14(8-3)9-4/h13H,6-12,16H2,1-5H3. The lowest BCUT2D eigenvalue weighted by Crippen LogP contribution is -2.41. The van der Waals surface area contributed by atoms with Crippen LogP contribution in [-0.4, -0.2) is 45.4 Å². The van der Waals surface area contributed by atoms with E-state index < -0.39 is 0 Å². The van der Waals surface area contributed by atoms with Gasteiger partial charge in [-0.1, -0.05) is 47.5 Å². The Morgan fingerprint density at radius 3 is 2.12 bits per heavy atom. The van der Waals surface area contributed by atoms with Crippen LogP contribution in [0.2, 0.25) is 5.54 Å². The molecule has 1 atom stereocenters. The molecule has 0 fully saturated rings. The summed E-state index contributed by atoms with van der Waals surface area (Å²) in [5.74, 6) is 0. The molecule has 0 heterocycles. The van der Waals surface area contributed by atoms with Crippen molar-refractivity contribution in [3.8, 4) is 0 Å². The molecule has 0 radical (unpaired) electrons.